The van der Waals surface area contributed by atoms with Gasteiger partial charge in [0, 0.05) is 22.2 Å². The highest BCUT2D eigenvalue weighted by Crippen LogP contribution is 2.30. The molecule has 1 fully saturated rings. The van der Waals surface area contributed by atoms with Gasteiger partial charge in [-0.3, -0.25) is 9.59 Å². The van der Waals surface area contributed by atoms with Crippen LogP contribution in [0.5, 0.6) is 0 Å². The first-order valence-electron chi connectivity index (χ1n) is 9.00. The molecule has 0 heterocycles. The number of rotatable bonds is 6. The van der Waals surface area contributed by atoms with Crippen molar-refractivity contribution >= 4 is 45.7 Å². The fourth-order valence-electron chi connectivity index (χ4n) is 2.87. The van der Waals surface area contributed by atoms with E-state index in [4.69, 9.17) is 0 Å². The van der Waals surface area contributed by atoms with E-state index in [-0.39, 0.29) is 17.7 Å². The molecule has 0 bridgehead atoms. The zero-order valence-corrected chi connectivity index (χ0v) is 15.6. The van der Waals surface area contributed by atoms with Crippen molar-refractivity contribution in [2.45, 2.75) is 17.7 Å². The second-order valence-corrected chi connectivity index (χ2v) is 7.74. The molecule has 0 unspecified atom stereocenters. The van der Waals surface area contributed by atoms with Crippen molar-refractivity contribution in [1.29, 1.82) is 0 Å². The normalized spacial score (nSPS) is 13.3. The standard InChI is InChI=1S/C22H20N2O2S/c25-21(14-27-20-11-10-15-4-1-2-5-17(15)12-20)23-18-6-3-7-19(13-18)24-22(26)16-8-9-16/h1-7,10-13,16H,8-9,14H2,(H,23,25)(H,24,26). The van der Waals surface area contributed by atoms with Crippen LogP contribution < -0.4 is 10.6 Å². The van der Waals surface area contributed by atoms with Crippen LogP contribution in [0.25, 0.3) is 10.8 Å². The SMILES string of the molecule is O=C(CSc1ccc2ccccc2c1)Nc1cccc(NC(=O)C2CC2)c1. The maximum Gasteiger partial charge on any atom is 0.234 e. The molecule has 3 aromatic rings. The minimum atomic E-state index is -0.0705. The molecule has 3 aromatic carbocycles. The predicted molar refractivity (Wildman–Crippen MR) is 111 cm³/mol. The van der Waals surface area contributed by atoms with Gasteiger partial charge in [-0.05, 0) is 53.9 Å². The Labute approximate surface area is 162 Å². The highest BCUT2D eigenvalue weighted by Gasteiger charge is 2.29. The Balaban J connectivity index is 1.33. The zero-order chi connectivity index (χ0) is 18.6. The van der Waals surface area contributed by atoms with Gasteiger partial charge in [0.1, 0.15) is 0 Å². The van der Waals surface area contributed by atoms with Crippen molar-refractivity contribution in [1.82, 2.24) is 0 Å². The number of nitrogens with one attached hydrogen (secondary N) is 2. The van der Waals surface area contributed by atoms with Crippen LogP contribution in [-0.2, 0) is 9.59 Å². The first kappa shape index (κ1) is 17.6. The van der Waals surface area contributed by atoms with E-state index in [0.717, 1.165) is 17.7 Å². The second kappa shape index (κ2) is 7.84. The van der Waals surface area contributed by atoms with Gasteiger partial charge in [-0.2, -0.15) is 0 Å². The quantitative estimate of drug-likeness (QED) is 0.601. The third kappa shape index (κ3) is 4.68. The molecule has 1 aliphatic rings. The summed E-state index contributed by atoms with van der Waals surface area (Å²) < 4.78 is 0. The largest absolute Gasteiger partial charge is 0.326 e. The third-order valence-corrected chi connectivity index (χ3v) is 5.45. The highest BCUT2D eigenvalue weighted by molar-refractivity contribution is 8.00. The molecule has 2 amide bonds. The van der Waals surface area contributed by atoms with E-state index in [1.165, 1.54) is 22.5 Å². The van der Waals surface area contributed by atoms with E-state index in [1.807, 2.05) is 36.4 Å². The summed E-state index contributed by atoms with van der Waals surface area (Å²) in [6.07, 6.45) is 1.93. The van der Waals surface area contributed by atoms with Crippen LogP contribution in [0.1, 0.15) is 12.8 Å². The summed E-state index contributed by atoms with van der Waals surface area (Å²) in [6, 6.07) is 21.7. The Morgan fingerprint density at radius 1 is 0.852 bits per heavy atom. The summed E-state index contributed by atoms with van der Waals surface area (Å²) >= 11 is 1.51. The van der Waals surface area contributed by atoms with Gasteiger partial charge in [0.25, 0.3) is 0 Å². The van der Waals surface area contributed by atoms with Crippen LogP contribution >= 0.6 is 11.8 Å². The maximum atomic E-state index is 12.3. The van der Waals surface area contributed by atoms with Crippen molar-refractivity contribution < 1.29 is 9.59 Å². The number of thioether (sulfide) groups is 1. The lowest BCUT2D eigenvalue weighted by Gasteiger charge is -2.09. The van der Waals surface area contributed by atoms with Crippen LogP contribution in [0.3, 0.4) is 0 Å². The van der Waals surface area contributed by atoms with Gasteiger partial charge >= 0.3 is 0 Å². The van der Waals surface area contributed by atoms with Gasteiger partial charge in [-0.15, -0.1) is 11.8 Å². The first-order valence-corrected chi connectivity index (χ1v) is 9.98. The Hall–Kier alpha value is -2.79. The molecule has 0 radical (unpaired) electrons. The first-order chi connectivity index (χ1) is 13.2. The molecule has 2 N–H and O–H groups in total. The summed E-state index contributed by atoms with van der Waals surface area (Å²) in [4.78, 5) is 25.2. The van der Waals surface area contributed by atoms with E-state index < -0.39 is 0 Å². The van der Waals surface area contributed by atoms with Crippen LogP contribution in [-0.4, -0.2) is 17.6 Å². The lowest BCUT2D eigenvalue weighted by Crippen LogP contribution is -2.15. The van der Waals surface area contributed by atoms with E-state index in [0.29, 0.717) is 17.1 Å². The molecular formula is C22H20N2O2S. The van der Waals surface area contributed by atoms with Crippen molar-refractivity contribution in [3.63, 3.8) is 0 Å². The average Bonchev–Trinajstić information content (AvgIpc) is 3.52. The molecule has 0 saturated heterocycles. The topological polar surface area (TPSA) is 58.2 Å². The van der Waals surface area contributed by atoms with Crippen molar-refractivity contribution in [2.24, 2.45) is 5.92 Å². The van der Waals surface area contributed by atoms with Crippen LogP contribution in [0.15, 0.2) is 71.6 Å². The third-order valence-electron chi connectivity index (χ3n) is 4.45. The highest BCUT2D eigenvalue weighted by atomic mass is 32.2. The number of anilines is 2. The molecular weight excluding hydrogens is 356 g/mol. The molecule has 136 valence electrons. The van der Waals surface area contributed by atoms with Crippen LogP contribution in [0.2, 0.25) is 0 Å². The number of carbonyl (C=O) groups excluding carboxylic acids is 2. The molecule has 0 aromatic heterocycles. The van der Waals surface area contributed by atoms with Gasteiger partial charge in [0.15, 0.2) is 0 Å². The van der Waals surface area contributed by atoms with Crippen LogP contribution in [0.4, 0.5) is 11.4 Å². The fourth-order valence-corrected chi connectivity index (χ4v) is 3.61. The molecule has 5 heteroatoms. The number of hydrogen-bond donors (Lipinski definition) is 2. The van der Waals surface area contributed by atoms with E-state index >= 15 is 0 Å². The van der Waals surface area contributed by atoms with Crippen molar-refractivity contribution in [2.75, 3.05) is 16.4 Å². The summed E-state index contributed by atoms with van der Waals surface area (Å²) in [7, 11) is 0. The molecule has 1 saturated carbocycles. The minimum Gasteiger partial charge on any atom is -0.326 e. The van der Waals surface area contributed by atoms with E-state index in [9.17, 15) is 9.59 Å². The minimum absolute atomic E-state index is 0.0605. The van der Waals surface area contributed by atoms with Crippen molar-refractivity contribution in [3.8, 4) is 0 Å². The Kier molecular flexibility index (Phi) is 5.12. The molecule has 4 rings (SSSR count). The second-order valence-electron chi connectivity index (χ2n) is 6.69. The van der Waals surface area contributed by atoms with E-state index in [1.54, 1.807) is 6.07 Å². The smallest absolute Gasteiger partial charge is 0.234 e. The molecule has 1 aliphatic carbocycles. The molecule has 4 nitrogen and oxygen atoms in total. The molecule has 0 atom stereocenters. The fraction of sp³-hybridized carbons (Fsp3) is 0.182. The lowest BCUT2D eigenvalue weighted by molar-refractivity contribution is -0.117. The molecule has 27 heavy (non-hydrogen) atoms. The summed E-state index contributed by atoms with van der Waals surface area (Å²) in [5.74, 6) is 0.475. The van der Waals surface area contributed by atoms with Gasteiger partial charge in [0.05, 0.1) is 5.75 Å². The van der Waals surface area contributed by atoms with Gasteiger partial charge in [-0.25, -0.2) is 0 Å². The average molecular weight is 376 g/mol. The summed E-state index contributed by atoms with van der Waals surface area (Å²) in [6.45, 7) is 0. The zero-order valence-electron chi connectivity index (χ0n) is 14.8. The summed E-state index contributed by atoms with van der Waals surface area (Å²) in [5, 5.41) is 8.15. The summed E-state index contributed by atoms with van der Waals surface area (Å²) in [5.41, 5.74) is 1.40. The van der Waals surface area contributed by atoms with Gasteiger partial charge in [0.2, 0.25) is 11.8 Å². The van der Waals surface area contributed by atoms with Crippen molar-refractivity contribution in [3.05, 3.63) is 66.7 Å². The number of carbonyl (C=O) groups is 2. The van der Waals surface area contributed by atoms with Crippen LogP contribution in [0, 0.1) is 5.92 Å². The monoisotopic (exact) mass is 376 g/mol. The Morgan fingerprint density at radius 3 is 2.37 bits per heavy atom. The molecule has 0 spiro atoms. The number of fused-ring (bicyclic) bond motifs is 1. The Morgan fingerprint density at radius 2 is 1.59 bits per heavy atom. The number of hydrogen-bond acceptors (Lipinski definition) is 3. The number of amides is 2. The molecule has 0 aliphatic heterocycles. The Bertz CT molecular complexity index is 998. The maximum absolute atomic E-state index is 12.3. The van der Waals surface area contributed by atoms with Gasteiger partial charge < -0.3 is 10.6 Å². The van der Waals surface area contributed by atoms with Gasteiger partial charge in [-0.1, -0.05) is 36.4 Å². The van der Waals surface area contributed by atoms with E-state index in [2.05, 4.69) is 34.9 Å². The lowest BCUT2D eigenvalue weighted by atomic mass is 10.1. The predicted octanol–water partition coefficient (Wildman–Crippen LogP) is 4.92. The number of benzene rings is 3.